The first-order valence-corrected chi connectivity index (χ1v) is 8.44. The van der Waals surface area contributed by atoms with Crippen LogP contribution in [0.15, 0.2) is 42.6 Å². The van der Waals surface area contributed by atoms with E-state index in [9.17, 15) is 4.79 Å². The molecule has 1 amide bonds. The zero-order chi connectivity index (χ0) is 16.4. The lowest BCUT2D eigenvalue weighted by molar-refractivity contribution is 0.102. The molecule has 0 aliphatic heterocycles. The standard InChI is InChI=1S/C16H13Cl2N3OS/c1-10-2-5-14(23-10)16(22)20-15-6-7-19-21(15)9-11-3-4-12(17)8-13(11)18/h2-8H,9H2,1H3,(H,20,22). The first-order valence-electron chi connectivity index (χ1n) is 6.86. The quantitative estimate of drug-likeness (QED) is 0.717. The Bertz CT molecular complexity index is 857. The summed E-state index contributed by atoms with van der Waals surface area (Å²) >= 11 is 13.6. The monoisotopic (exact) mass is 365 g/mol. The second-order valence-corrected chi connectivity index (χ2v) is 7.11. The van der Waals surface area contributed by atoms with E-state index in [2.05, 4.69) is 10.4 Å². The fourth-order valence-electron chi connectivity index (χ4n) is 2.11. The molecule has 2 aromatic heterocycles. The van der Waals surface area contributed by atoms with Crippen molar-refractivity contribution in [2.45, 2.75) is 13.5 Å². The number of amides is 1. The number of thiophene rings is 1. The molecule has 0 radical (unpaired) electrons. The van der Waals surface area contributed by atoms with E-state index in [1.807, 2.05) is 25.1 Å². The molecule has 0 bridgehead atoms. The van der Waals surface area contributed by atoms with Crippen molar-refractivity contribution >= 4 is 46.3 Å². The Labute approximate surface area is 147 Å². The van der Waals surface area contributed by atoms with Crippen molar-refractivity contribution in [2.24, 2.45) is 0 Å². The largest absolute Gasteiger partial charge is 0.306 e. The zero-order valence-electron chi connectivity index (χ0n) is 12.2. The summed E-state index contributed by atoms with van der Waals surface area (Å²) in [5.74, 6) is 0.471. The summed E-state index contributed by atoms with van der Waals surface area (Å²) < 4.78 is 1.69. The van der Waals surface area contributed by atoms with E-state index in [4.69, 9.17) is 23.2 Å². The lowest BCUT2D eigenvalue weighted by atomic mass is 10.2. The fraction of sp³-hybridized carbons (Fsp3) is 0.125. The molecule has 0 fully saturated rings. The van der Waals surface area contributed by atoms with Crippen LogP contribution >= 0.6 is 34.5 Å². The summed E-state index contributed by atoms with van der Waals surface area (Å²) in [7, 11) is 0. The molecule has 7 heteroatoms. The summed E-state index contributed by atoms with van der Waals surface area (Å²) in [5.41, 5.74) is 0.877. The van der Waals surface area contributed by atoms with Gasteiger partial charge in [0.25, 0.3) is 5.91 Å². The average molecular weight is 366 g/mol. The van der Waals surface area contributed by atoms with Crippen molar-refractivity contribution in [3.8, 4) is 0 Å². The number of nitrogens with zero attached hydrogens (tertiary/aromatic N) is 2. The van der Waals surface area contributed by atoms with E-state index in [1.54, 1.807) is 29.1 Å². The molecular weight excluding hydrogens is 353 g/mol. The van der Waals surface area contributed by atoms with Crippen LogP contribution in [-0.2, 0) is 6.54 Å². The lowest BCUT2D eigenvalue weighted by Gasteiger charge is -2.10. The van der Waals surface area contributed by atoms with Crippen molar-refractivity contribution in [3.63, 3.8) is 0 Å². The fourth-order valence-corrected chi connectivity index (χ4v) is 3.34. The summed E-state index contributed by atoms with van der Waals surface area (Å²) in [6.45, 7) is 2.41. The van der Waals surface area contributed by atoms with E-state index in [1.165, 1.54) is 11.3 Å². The Morgan fingerprint density at radius 3 is 2.78 bits per heavy atom. The average Bonchev–Trinajstić information content (AvgIpc) is 3.11. The Morgan fingerprint density at radius 2 is 2.09 bits per heavy atom. The number of benzene rings is 1. The van der Waals surface area contributed by atoms with Gasteiger partial charge in [0.15, 0.2) is 0 Å². The third kappa shape index (κ3) is 3.75. The Hall–Kier alpha value is -1.82. The van der Waals surface area contributed by atoms with Crippen LogP contribution in [0, 0.1) is 6.92 Å². The minimum atomic E-state index is -0.146. The van der Waals surface area contributed by atoms with Crippen LogP contribution in [0.2, 0.25) is 10.0 Å². The number of hydrogen-bond acceptors (Lipinski definition) is 3. The molecule has 0 aliphatic rings. The summed E-state index contributed by atoms with van der Waals surface area (Å²) in [6.07, 6.45) is 1.64. The van der Waals surface area contributed by atoms with Gasteiger partial charge in [0.05, 0.1) is 17.6 Å². The Morgan fingerprint density at radius 1 is 1.26 bits per heavy atom. The number of aromatic nitrogens is 2. The van der Waals surface area contributed by atoms with E-state index >= 15 is 0 Å². The minimum absolute atomic E-state index is 0.146. The van der Waals surface area contributed by atoms with Gasteiger partial charge in [-0.25, -0.2) is 4.68 Å². The van der Waals surface area contributed by atoms with Gasteiger partial charge in [0.2, 0.25) is 0 Å². The number of carbonyl (C=O) groups is 1. The molecule has 4 nitrogen and oxygen atoms in total. The molecule has 0 spiro atoms. The number of hydrogen-bond donors (Lipinski definition) is 1. The third-order valence-electron chi connectivity index (χ3n) is 3.26. The van der Waals surface area contributed by atoms with E-state index in [0.29, 0.717) is 27.3 Å². The van der Waals surface area contributed by atoms with Gasteiger partial charge in [0, 0.05) is 21.0 Å². The highest BCUT2D eigenvalue weighted by Gasteiger charge is 2.12. The highest BCUT2D eigenvalue weighted by molar-refractivity contribution is 7.14. The summed E-state index contributed by atoms with van der Waals surface area (Å²) in [4.78, 5) is 14.0. The maximum atomic E-state index is 12.3. The van der Waals surface area contributed by atoms with Crippen LogP contribution in [0.5, 0.6) is 0 Å². The molecule has 0 saturated carbocycles. The molecule has 3 rings (SSSR count). The van der Waals surface area contributed by atoms with Crippen LogP contribution in [-0.4, -0.2) is 15.7 Å². The second-order valence-electron chi connectivity index (χ2n) is 4.97. The predicted octanol–water partition coefficient (Wildman–Crippen LogP) is 4.86. The third-order valence-corrected chi connectivity index (χ3v) is 4.84. The van der Waals surface area contributed by atoms with Gasteiger partial charge in [-0.3, -0.25) is 4.79 Å². The molecule has 2 heterocycles. The van der Waals surface area contributed by atoms with E-state index in [0.717, 1.165) is 10.4 Å². The second kappa shape index (κ2) is 6.74. The van der Waals surface area contributed by atoms with Crippen molar-refractivity contribution in [2.75, 3.05) is 5.32 Å². The van der Waals surface area contributed by atoms with Gasteiger partial charge in [-0.05, 0) is 36.8 Å². The molecule has 3 aromatic rings. The lowest BCUT2D eigenvalue weighted by Crippen LogP contribution is -2.15. The number of aryl methyl sites for hydroxylation is 1. The first kappa shape index (κ1) is 16.1. The normalized spacial score (nSPS) is 10.7. The molecular formula is C16H13Cl2N3OS. The Kier molecular flexibility index (Phi) is 4.71. The first-order chi connectivity index (χ1) is 11.0. The molecule has 0 saturated heterocycles. The van der Waals surface area contributed by atoms with Crippen molar-refractivity contribution in [1.29, 1.82) is 0 Å². The summed E-state index contributed by atoms with van der Waals surface area (Å²) in [5, 5.41) is 8.27. The highest BCUT2D eigenvalue weighted by atomic mass is 35.5. The van der Waals surface area contributed by atoms with Gasteiger partial charge in [-0.15, -0.1) is 11.3 Å². The highest BCUT2D eigenvalue weighted by Crippen LogP contribution is 2.23. The van der Waals surface area contributed by atoms with Crippen LogP contribution in [0.1, 0.15) is 20.1 Å². The smallest absolute Gasteiger partial charge is 0.266 e. The van der Waals surface area contributed by atoms with Crippen molar-refractivity contribution in [1.82, 2.24) is 9.78 Å². The van der Waals surface area contributed by atoms with Gasteiger partial charge < -0.3 is 5.32 Å². The number of halogens is 2. The van der Waals surface area contributed by atoms with Gasteiger partial charge in [-0.1, -0.05) is 29.3 Å². The SMILES string of the molecule is Cc1ccc(C(=O)Nc2ccnn2Cc2ccc(Cl)cc2Cl)s1. The van der Waals surface area contributed by atoms with Gasteiger partial charge in [0.1, 0.15) is 5.82 Å². The number of anilines is 1. The van der Waals surface area contributed by atoms with Crippen LogP contribution in [0.25, 0.3) is 0 Å². The Balaban J connectivity index is 1.78. The number of carbonyl (C=O) groups excluding carboxylic acids is 1. The molecule has 0 aliphatic carbocycles. The van der Waals surface area contributed by atoms with Crippen molar-refractivity contribution in [3.05, 3.63) is 68.0 Å². The molecule has 1 N–H and O–H groups in total. The molecule has 0 atom stereocenters. The van der Waals surface area contributed by atoms with Crippen LogP contribution in [0.3, 0.4) is 0 Å². The predicted molar refractivity (Wildman–Crippen MR) is 94.8 cm³/mol. The van der Waals surface area contributed by atoms with Gasteiger partial charge in [-0.2, -0.15) is 5.10 Å². The van der Waals surface area contributed by atoms with E-state index in [-0.39, 0.29) is 5.91 Å². The summed E-state index contributed by atoms with van der Waals surface area (Å²) in [6, 6.07) is 10.8. The minimum Gasteiger partial charge on any atom is -0.306 e. The topological polar surface area (TPSA) is 46.9 Å². The van der Waals surface area contributed by atoms with E-state index < -0.39 is 0 Å². The maximum Gasteiger partial charge on any atom is 0.266 e. The van der Waals surface area contributed by atoms with Crippen LogP contribution < -0.4 is 5.32 Å². The number of rotatable bonds is 4. The van der Waals surface area contributed by atoms with Gasteiger partial charge >= 0.3 is 0 Å². The number of nitrogens with one attached hydrogen (secondary N) is 1. The van der Waals surface area contributed by atoms with Crippen molar-refractivity contribution < 1.29 is 4.79 Å². The maximum absolute atomic E-state index is 12.3. The molecule has 118 valence electrons. The molecule has 23 heavy (non-hydrogen) atoms. The zero-order valence-corrected chi connectivity index (χ0v) is 14.5. The molecule has 1 aromatic carbocycles. The van der Waals surface area contributed by atoms with Crippen LogP contribution in [0.4, 0.5) is 5.82 Å². The molecule has 0 unspecified atom stereocenters.